The number of benzene rings is 1. The third kappa shape index (κ3) is 3.42. The highest BCUT2D eigenvalue weighted by Crippen LogP contribution is 2.27. The molecule has 0 fully saturated rings. The normalized spacial score (nSPS) is 12.3. The predicted molar refractivity (Wildman–Crippen MR) is 56.3 cm³/mol. The maximum absolute atomic E-state index is 9.12. The molecule has 1 rings (SSSR count). The molecule has 0 radical (unpaired) electrons. The van der Waals surface area contributed by atoms with Crippen LogP contribution in [0.1, 0.15) is 5.56 Å². The van der Waals surface area contributed by atoms with E-state index < -0.39 is 6.10 Å². The van der Waals surface area contributed by atoms with Gasteiger partial charge in [-0.1, -0.05) is 6.07 Å². The Morgan fingerprint density at radius 1 is 1.33 bits per heavy atom. The van der Waals surface area contributed by atoms with Gasteiger partial charge in [0.25, 0.3) is 0 Å². The molecule has 0 bridgehead atoms. The standard InChI is InChI=1S/C11H16O4/c1-8-3-4-10(11(5-8)14-2)15-7-9(13)6-12/h3-5,9,12-13H,6-7H2,1-2H3/t9-/m0/s1. The minimum absolute atomic E-state index is 0.0515. The van der Waals surface area contributed by atoms with Crippen LogP contribution in [0.2, 0.25) is 0 Å². The predicted octanol–water partition coefficient (Wildman–Crippen LogP) is 0.736. The molecular formula is C11H16O4. The maximum Gasteiger partial charge on any atom is 0.161 e. The van der Waals surface area contributed by atoms with E-state index in [0.29, 0.717) is 11.5 Å². The van der Waals surface area contributed by atoms with Gasteiger partial charge in [-0.3, -0.25) is 0 Å². The van der Waals surface area contributed by atoms with Gasteiger partial charge >= 0.3 is 0 Å². The van der Waals surface area contributed by atoms with E-state index in [0.717, 1.165) is 5.56 Å². The van der Waals surface area contributed by atoms with Gasteiger partial charge in [-0.25, -0.2) is 0 Å². The van der Waals surface area contributed by atoms with Gasteiger partial charge in [0.15, 0.2) is 11.5 Å². The van der Waals surface area contributed by atoms with Crippen LogP contribution < -0.4 is 9.47 Å². The first kappa shape index (κ1) is 11.8. The third-order valence-corrected chi connectivity index (χ3v) is 1.96. The van der Waals surface area contributed by atoms with Crippen LogP contribution in [0, 0.1) is 6.92 Å². The molecule has 0 saturated heterocycles. The zero-order chi connectivity index (χ0) is 11.3. The van der Waals surface area contributed by atoms with Crippen molar-refractivity contribution in [3.05, 3.63) is 23.8 Å². The molecule has 1 aromatic rings. The van der Waals surface area contributed by atoms with Gasteiger partial charge in [0.05, 0.1) is 13.7 Å². The van der Waals surface area contributed by atoms with Crippen LogP contribution >= 0.6 is 0 Å². The van der Waals surface area contributed by atoms with Crippen LogP contribution in [0.5, 0.6) is 11.5 Å². The summed E-state index contributed by atoms with van der Waals surface area (Å²) in [7, 11) is 1.56. The van der Waals surface area contributed by atoms with Crippen molar-refractivity contribution in [2.24, 2.45) is 0 Å². The van der Waals surface area contributed by atoms with Crippen molar-refractivity contribution in [3.63, 3.8) is 0 Å². The first-order chi connectivity index (χ1) is 7.17. The molecule has 0 saturated carbocycles. The van der Waals surface area contributed by atoms with E-state index >= 15 is 0 Å². The van der Waals surface area contributed by atoms with Crippen LogP contribution in [0.3, 0.4) is 0 Å². The van der Waals surface area contributed by atoms with Gasteiger partial charge in [-0.15, -0.1) is 0 Å². The summed E-state index contributed by atoms with van der Waals surface area (Å²) in [5.74, 6) is 1.19. The zero-order valence-electron chi connectivity index (χ0n) is 8.93. The molecule has 0 aliphatic rings. The average Bonchev–Trinajstić information content (AvgIpc) is 2.26. The van der Waals surface area contributed by atoms with E-state index in [4.69, 9.17) is 19.7 Å². The van der Waals surface area contributed by atoms with Crippen LogP contribution in [0.4, 0.5) is 0 Å². The van der Waals surface area contributed by atoms with Gasteiger partial charge < -0.3 is 19.7 Å². The van der Waals surface area contributed by atoms with Crippen LogP contribution in [0.15, 0.2) is 18.2 Å². The van der Waals surface area contributed by atoms with Gasteiger partial charge in [0.2, 0.25) is 0 Å². The Hall–Kier alpha value is -1.26. The molecule has 0 unspecified atom stereocenters. The summed E-state index contributed by atoms with van der Waals surface area (Å²) >= 11 is 0. The first-order valence-corrected chi connectivity index (χ1v) is 4.73. The number of hydrogen-bond acceptors (Lipinski definition) is 4. The molecule has 1 aromatic carbocycles. The SMILES string of the molecule is COc1cc(C)ccc1OC[C@@H](O)CO. The van der Waals surface area contributed by atoms with E-state index in [-0.39, 0.29) is 13.2 Å². The lowest BCUT2D eigenvalue weighted by atomic mass is 10.2. The molecule has 0 aromatic heterocycles. The fourth-order valence-electron chi connectivity index (χ4n) is 1.13. The second-order valence-corrected chi connectivity index (χ2v) is 3.30. The highest BCUT2D eigenvalue weighted by molar-refractivity contribution is 5.42. The van der Waals surface area contributed by atoms with Crippen molar-refractivity contribution in [1.29, 1.82) is 0 Å². The molecule has 0 heterocycles. The fraction of sp³-hybridized carbons (Fsp3) is 0.455. The van der Waals surface area contributed by atoms with Crippen molar-refractivity contribution in [2.75, 3.05) is 20.3 Å². The van der Waals surface area contributed by atoms with Gasteiger partial charge in [0, 0.05) is 0 Å². The van der Waals surface area contributed by atoms with E-state index in [1.807, 2.05) is 19.1 Å². The smallest absolute Gasteiger partial charge is 0.161 e. The Morgan fingerprint density at radius 3 is 2.67 bits per heavy atom. The number of methoxy groups -OCH3 is 1. The molecule has 2 N–H and O–H groups in total. The first-order valence-electron chi connectivity index (χ1n) is 4.73. The van der Waals surface area contributed by atoms with E-state index in [9.17, 15) is 0 Å². The van der Waals surface area contributed by atoms with Crippen molar-refractivity contribution < 1.29 is 19.7 Å². The molecule has 4 heteroatoms. The summed E-state index contributed by atoms with van der Waals surface area (Å²) in [6.07, 6.45) is -0.865. The fourth-order valence-corrected chi connectivity index (χ4v) is 1.13. The van der Waals surface area contributed by atoms with Gasteiger partial charge in [-0.05, 0) is 24.6 Å². The van der Waals surface area contributed by atoms with E-state index in [1.54, 1.807) is 13.2 Å². The van der Waals surface area contributed by atoms with E-state index in [1.165, 1.54) is 0 Å². The van der Waals surface area contributed by atoms with Crippen molar-refractivity contribution >= 4 is 0 Å². The van der Waals surface area contributed by atoms with Gasteiger partial charge in [0.1, 0.15) is 12.7 Å². The van der Waals surface area contributed by atoms with Crippen LogP contribution in [-0.2, 0) is 0 Å². The zero-order valence-corrected chi connectivity index (χ0v) is 8.93. The topological polar surface area (TPSA) is 58.9 Å². The third-order valence-electron chi connectivity index (χ3n) is 1.96. The molecule has 15 heavy (non-hydrogen) atoms. The molecule has 0 spiro atoms. The second kappa shape index (κ2) is 5.58. The molecule has 84 valence electrons. The summed E-state index contributed by atoms with van der Waals surface area (Å²) in [5.41, 5.74) is 1.07. The quantitative estimate of drug-likeness (QED) is 0.755. The summed E-state index contributed by atoms with van der Waals surface area (Å²) in [6.45, 7) is 1.69. The number of aryl methyl sites for hydroxylation is 1. The maximum atomic E-state index is 9.12. The molecule has 0 aliphatic heterocycles. The average molecular weight is 212 g/mol. The van der Waals surface area contributed by atoms with Crippen LogP contribution in [-0.4, -0.2) is 36.6 Å². The minimum atomic E-state index is -0.865. The summed E-state index contributed by atoms with van der Waals surface area (Å²) in [6, 6.07) is 5.52. The molecule has 1 atom stereocenters. The molecule has 4 nitrogen and oxygen atoms in total. The number of hydrogen-bond donors (Lipinski definition) is 2. The number of aliphatic hydroxyl groups is 2. The van der Waals surface area contributed by atoms with E-state index in [2.05, 4.69) is 0 Å². The number of ether oxygens (including phenoxy) is 2. The molecule has 0 amide bonds. The number of rotatable bonds is 5. The largest absolute Gasteiger partial charge is 0.493 e. The minimum Gasteiger partial charge on any atom is -0.493 e. The van der Waals surface area contributed by atoms with Crippen molar-refractivity contribution in [2.45, 2.75) is 13.0 Å². The summed E-state index contributed by atoms with van der Waals surface area (Å²) in [5, 5.41) is 17.7. The molecular weight excluding hydrogens is 196 g/mol. The van der Waals surface area contributed by atoms with Crippen molar-refractivity contribution in [1.82, 2.24) is 0 Å². The monoisotopic (exact) mass is 212 g/mol. The van der Waals surface area contributed by atoms with Gasteiger partial charge in [-0.2, -0.15) is 0 Å². The lowest BCUT2D eigenvalue weighted by molar-refractivity contribution is 0.0527. The summed E-state index contributed by atoms with van der Waals surface area (Å²) < 4.78 is 10.4. The molecule has 0 aliphatic carbocycles. The summed E-state index contributed by atoms with van der Waals surface area (Å²) in [4.78, 5) is 0. The highest BCUT2D eigenvalue weighted by Gasteiger charge is 2.07. The highest BCUT2D eigenvalue weighted by atomic mass is 16.5. The Kier molecular flexibility index (Phi) is 4.39. The Balaban J connectivity index is 2.67. The number of aliphatic hydroxyl groups excluding tert-OH is 2. The Morgan fingerprint density at radius 2 is 2.07 bits per heavy atom. The lowest BCUT2D eigenvalue weighted by Gasteiger charge is -2.13. The second-order valence-electron chi connectivity index (χ2n) is 3.30. The van der Waals surface area contributed by atoms with Crippen molar-refractivity contribution in [3.8, 4) is 11.5 Å². The Bertz CT molecular complexity index is 311. The Labute approximate surface area is 89.1 Å². The van der Waals surface area contributed by atoms with Crippen LogP contribution in [0.25, 0.3) is 0 Å². The lowest BCUT2D eigenvalue weighted by Crippen LogP contribution is -2.21.